The Hall–Kier alpha value is -1.78. The van der Waals surface area contributed by atoms with Crippen molar-refractivity contribution in [2.45, 2.75) is 32.4 Å². The van der Waals surface area contributed by atoms with Gasteiger partial charge in [-0.05, 0) is 50.1 Å². The average Bonchev–Trinajstić information content (AvgIpc) is 2.96. The molecule has 1 aliphatic heterocycles. The first-order chi connectivity index (χ1) is 11.1. The van der Waals surface area contributed by atoms with Gasteiger partial charge in [-0.2, -0.15) is 0 Å². The highest BCUT2D eigenvalue weighted by Gasteiger charge is 2.23. The molecule has 0 aliphatic carbocycles. The Morgan fingerprint density at radius 3 is 2.83 bits per heavy atom. The van der Waals surface area contributed by atoms with Gasteiger partial charge in [0.2, 0.25) is 0 Å². The molecule has 5 heteroatoms. The highest BCUT2D eigenvalue weighted by atomic mass is 35.5. The summed E-state index contributed by atoms with van der Waals surface area (Å²) >= 11 is 5.93. The lowest BCUT2D eigenvalue weighted by atomic mass is 10.0. The van der Waals surface area contributed by atoms with Gasteiger partial charge in [0.05, 0.1) is 11.8 Å². The molecule has 0 radical (unpaired) electrons. The molecule has 0 saturated carbocycles. The third-order valence-electron chi connectivity index (χ3n) is 4.26. The Balaban J connectivity index is 1.56. The summed E-state index contributed by atoms with van der Waals surface area (Å²) in [5.74, 6) is 0.617. The first kappa shape index (κ1) is 16.1. The van der Waals surface area contributed by atoms with Crippen molar-refractivity contribution in [2.75, 3.05) is 13.1 Å². The first-order valence-corrected chi connectivity index (χ1v) is 8.31. The number of rotatable bonds is 4. The summed E-state index contributed by atoms with van der Waals surface area (Å²) in [6, 6.07) is 9.85. The van der Waals surface area contributed by atoms with Crippen LogP contribution in [0, 0.1) is 6.92 Å². The van der Waals surface area contributed by atoms with E-state index in [1.807, 2.05) is 19.1 Å². The van der Waals surface area contributed by atoms with Crippen LogP contribution in [0.5, 0.6) is 0 Å². The van der Waals surface area contributed by atoms with E-state index in [0.29, 0.717) is 11.3 Å². The van der Waals surface area contributed by atoms with Crippen molar-refractivity contribution in [1.29, 1.82) is 0 Å². The molecule has 1 aromatic carbocycles. The molecule has 1 amide bonds. The molecular formula is C18H21ClN2O2. The fourth-order valence-corrected chi connectivity index (χ4v) is 3.17. The number of furan rings is 1. The number of carbonyl (C=O) groups is 1. The molecule has 23 heavy (non-hydrogen) atoms. The monoisotopic (exact) mass is 332 g/mol. The van der Waals surface area contributed by atoms with E-state index >= 15 is 0 Å². The summed E-state index contributed by atoms with van der Waals surface area (Å²) in [6.45, 7) is 4.61. The van der Waals surface area contributed by atoms with Crippen LogP contribution in [0.3, 0.4) is 0 Å². The van der Waals surface area contributed by atoms with E-state index in [4.69, 9.17) is 16.0 Å². The van der Waals surface area contributed by atoms with Gasteiger partial charge >= 0.3 is 0 Å². The summed E-state index contributed by atoms with van der Waals surface area (Å²) < 4.78 is 5.20. The van der Waals surface area contributed by atoms with Crippen LogP contribution < -0.4 is 5.32 Å². The maximum absolute atomic E-state index is 12.3. The zero-order valence-electron chi connectivity index (χ0n) is 13.2. The fourth-order valence-electron chi connectivity index (χ4n) is 3.05. The molecule has 3 rings (SSSR count). The fraction of sp³-hybridized carbons (Fsp3) is 0.389. The van der Waals surface area contributed by atoms with E-state index in [1.54, 1.807) is 12.3 Å². The normalized spacial score (nSPS) is 18.8. The minimum absolute atomic E-state index is 0.0467. The van der Waals surface area contributed by atoms with Gasteiger partial charge in [-0.1, -0.05) is 23.7 Å². The second-order valence-corrected chi connectivity index (χ2v) is 6.50. The summed E-state index contributed by atoms with van der Waals surface area (Å²) in [5.41, 5.74) is 1.87. The minimum atomic E-state index is -0.0467. The maximum atomic E-state index is 12.3. The van der Waals surface area contributed by atoms with Crippen molar-refractivity contribution in [3.63, 3.8) is 0 Å². The van der Waals surface area contributed by atoms with E-state index in [0.717, 1.165) is 37.5 Å². The van der Waals surface area contributed by atoms with Gasteiger partial charge in [0.25, 0.3) is 5.91 Å². The van der Waals surface area contributed by atoms with E-state index in [9.17, 15) is 4.79 Å². The van der Waals surface area contributed by atoms with E-state index in [1.165, 1.54) is 5.56 Å². The van der Waals surface area contributed by atoms with E-state index in [2.05, 4.69) is 22.3 Å². The van der Waals surface area contributed by atoms with Crippen LogP contribution in [0.4, 0.5) is 0 Å². The number of benzene rings is 1. The zero-order chi connectivity index (χ0) is 16.2. The van der Waals surface area contributed by atoms with Crippen LogP contribution in [0.2, 0.25) is 5.02 Å². The number of aryl methyl sites for hydroxylation is 1. The van der Waals surface area contributed by atoms with Crippen LogP contribution in [-0.4, -0.2) is 29.9 Å². The lowest BCUT2D eigenvalue weighted by molar-refractivity contribution is 0.0899. The second kappa shape index (κ2) is 7.20. The van der Waals surface area contributed by atoms with Crippen molar-refractivity contribution in [3.8, 4) is 0 Å². The second-order valence-electron chi connectivity index (χ2n) is 6.06. The van der Waals surface area contributed by atoms with E-state index in [-0.39, 0.29) is 11.9 Å². The van der Waals surface area contributed by atoms with Crippen LogP contribution in [-0.2, 0) is 6.54 Å². The molecule has 2 heterocycles. The third kappa shape index (κ3) is 4.15. The van der Waals surface area contributed by atoms with Crippen molar-refractivity contribution < 1.29 is 9.21 Å². The number of amides is 1. The molecule has 1 unspecified atom stereocenters. The highest BCUT2D eigenvalue weighted by Crippen LogP contribution is 2.17. The Morgan fingerprint density at radius 2 is 2.13 bits per heavy atom. The summed E-state index contributed by atoms with van der Waals surface area (Å²) in [7, 11) is 0. The third-order valence-corrected chi connectivity index (χ3v) is 4.52. The standard InChI is InChI=1S/C18H21ClN2O2/c1-13-17(8-10-23-13)18(22)20-16-3-2-9-21(12-16)11-14-4-6-15(19)7-5-14/h4-8,10,16H,2-3,9,11-12H2,1H3,(H,20,22). The van der Waals surface area contributed by atoms with Crippen LogP contribution in [0.15, 0.2) is 41.0 Å². The number of nitrogens with one attached hydrogen (secondary N) is 1. The Bertz CT molecular complexity index is 666. The summed E-state index contributed by atoms with van der Waals surface area (Å²) in [6.07, 6.45) is 3.65. The van der Waals surface area contributed by atoms with Gasteiger partial charge in [-0.25, -0.2) is 0 Å². The molecule has 122 valence electrons. The maximum Gasteiger partial charge on any atom is 0.255 e. The number of hydrogen-bond acceptors (Lipinski definition) is 3. The van der Waals surface area contributed by atoms with Crippen LogP contribution in [0.1, 0.15) is 34.5 Å². The number of carbonyl (C=O) groups excluding carboxylic acids is 1. The number of nitrogens with zero attached hydrogens (tertiary/aromatic N) is 1. The number of piperidine rings is 1. The van der Waals surface area contributed by atoms with Crippen LogP contribution >= 0.6 is 11.6 Å². The molecule has 1 saturated heterocycles. The molecular weight excluding hydrogens is 312 g/mol. The zero-order valence-corrected chi connectivity index (χ0v) is 14.0. The molecule has 1 aromatic heterocycles. The number of likely N-dealkylation sites (tertiary alicyclic amines) is 1. The SMILES string of the molecule is Cc1occc1C(=O)NC1CCCN(Cc2ccc(Cl)cc2)C1. The van der Waals surface area contributed by atoms with Gasteiger partial charge in [0, 0.05) is 24.2 Å². The number of hydrogen-bond donors (Lipinski definition) is 1. The van der Waals surface area contributed by atoms with Gasteiger partial charge in [0.15, 0.2) is 0 Å². The summed E-state index contributed by atoms with van der Waals surface area (Å²) in [5, 5.41) is 3.88. The molecule has 0 bridgehead atoms. The Kier molecular flexibility index (Phi) is 5.03. The molecule has 1 atom stereocenters. The predicted octanol–water partition coefficient (Wildman–Crippen LogP) is 3.64. The first-order valence-electron chi connectivity index (χ1n) is 7.93. The molecule has 2 aromatic rings. The average molecular weight is 333 g/mol. The summed E-state index contributed by atoms with van der Waals surface area (Å²) in [4.78, 5) is 14.7. The highest BCUT2D eigenvalue weighted by molar-refractivity contribution is 6.30. The largest absolute Gasteiger partial charge is 0.469 e. The van der Waals surface area contributed by atoms with Gasteiger partial charge in [0.1, 0.15) is 5.76 Å². The van der Waals surface area contributed by atoms with Crippen molar-refractivity contribution >= 4 is 17.5 Å². The number of halogens is 1. The predicted molar refractivity (Wildman–Crippen MR) is 90.7 cm³/mol. The lowest BCUT2D eigenvalue weighted by Gasteiger charge is -2.33. The molecule has 1 fully saturated rings. The van der Waals surface area contributed by atoms with E-state index < -0.39 is 0 Å². The topological polar surface area (TPSA) is 45.5 Å². The molecule has 1 aliphatic rings. The smallest absolute Gasteiger partial charge is 0.255 e. The Morgan fingerprint density at radius 1 is 1.35 bits per heavy atom. The Labute approximate surface area is 141 Å². The lowest BCUT2D eigenvalue weighted by Crippen LogP contribution is -2.47. The van der Waals surface area contributed by atoms with Gasteiger partial charge in [-0.15, -0.1) is 0 Å². The van der Waals surface area contributed by atoms with Crippen molar-refractivity contribution in [1.82, 2.24) is 10.2 Å². The van der Waals surface area contributed by atoms with Crippen LogP contribution in [0.25, 0.3) is 0 Å². The molecule has 1 N–H and O–H groups in total. The minimum Gasteiger partial charge on any atom is -0.469 e. The quantitative estimate of drug-likeness (QED) is 0.929. The van der Waals surface area contributed by atoms with Gasteiger partial charge in [-0.3, -0.25) is 9.69 Å². The van der Waals surface area contributed by atoms with Crippen molar-refractivity contribution in [2.24, 2.45) is 0 Å². The van der Waals surface area contributed by atoms with Gasteiger partial charge < -0.3 is 9.73 Å². The molecule has 4 nitrogen and oxygen atoms in total. The van der Waals surface area contributed by atoms with Crippen molar-refractivity contribution in [3.05, 3.63) is 58.5 Å². The molecule has 0 spiro atoms.